The maximum atomic E-state index is 5.56. The van der Waals surface area contributed by atoms with E-state index in [1.165, 1.54) is 0 Å². The number of hydrogen-bond acceptors (Lipinski definition) is 4. The first-order valence-corrected chi connectivity index (χ1v) is 16.1. The van der Waals surface area contributed by atoms with Crippen LogP contribution < -0.4 is 0 Å². The van der Waals surface area contributed by atoms with Gasteiger partial charge < -0.3 is 0 Å². The van der Waals surface area contributed by atoms with Crippen molar-refractivity contribution in [2.24, 2.45) is 20.0 Å². The van der Waals surface area contributed by atoms with Crippen LogP contribution in [-0.2, 0) is 0 Å². The molecule has 0 radical (unpaired) electrons. The molecule has 5 aliphatic heterocycles. The first kappa shape index (κ1) is 31.0. The summed E-state index contributed by atoms with van der Waals surface area (Å²) in [4.78, 5) is 20.8. The molecule has 5 heterocycles. The van der Waals surface area contributed by atoms with E-state index in [0.29, 0.717) is 0 Å². The third-order valence-electron chi connectivity index (χ3n) is 8.75. The Bertz CT molecular complexity index is 2380. The molecule has 0 saturated heterocycles. The summed E-state index contributed by atoms with van der Waals surface area (Å²) in [5.74, 6) is 0. The second-order valence-corrected chi connectivity index (χ2v) is 11.9. The summed E-state index contributed by atoms with van der Waals surface area (Å²) in [5, 5.41) is 0. The predicted octanol–water partition coefficient (Wildman–Crippen LogP) is 8.77. The quantitative estimate of drug-likeness (QED) is 0.198. The number of allylic oxidation sites excluding steroid dienone is 12. The van der Waals surface area contributed by atoms with Gasteiger partial charge in [0.05, 0.1) is 45.6 Å². The van der Waals surface area contributed by atoms with Gasteiger partial charge in [0.25, 0.3) is 0 Å². The van der Waals surface area contributed by atoms with Gasteiger partial charge in [-0.25, -0.2) is 20.0 Å². The fourth-order valence-corrected chi connectivity index (χ4v) is 6.63. The van der Waals surface area contributed by atoms with Crippen molar-refractivity contribution in [3.05, 3.63) is 215 Å². The molecule has 49 heavy (non-hydrogen) atoms. The van der Waals surface area contributed by atoms with Crippen LogP contribution in [0.15, 0.2) is 213 Å². The molecule has 5 aliphatic rings. The molecule has 0 amide bonds. The number of aliphatic imine (C=N–C) groups is 4. The Morgan fingerprint density at radius 3 is 1.39 bits per heavy atom. The molecule has 0 unspecified atom stereocenters. The molecule has 0 aliphatic carbocycles. The van der Waals surface area contributed by atoms with Crippen molar-refractivity contribution in [2.75, 3.05) is 0 Å². The average Bonchev–Trinajstić information content (AvgIpc) is 3.94. The molecule has 8 bridgehead atoms. The second-order valence-electron chi connectivity index (χ2n) is 11.9. The molecule has 0 fully saturated rings. The summed E-state index contributed by atoms with van der Waals surface area (Å²) < 4.78 is 0. The molecule has 0 aromatic heterocycles. The number of rotatable bonds is 4. The van der Waals surface area contributed by atoms with Gasteiger partial charge in [-0.05, 0) is 70.9 Å². The van der Waals surface area contributed by atoms with Crippen LogP contribution >= 0.6 is 0 Å². The molecule has 4 nitrogen and oxygen atoms in total. The molecule has 228 valence electrons. The molecular weight excluding hydrogens is 625 g/mol. The first-order chi connectivity index (χ1) is 23.8. The van der Waals surface area contributed by atoms with E-state index in [-0.39, 0.29) is 37.7 Å². The van der Waals surface area contributed by atoms with Gasteiger partial charge in [-0.15, -0.1) is 0 Å². The van der Waals surface area contributed by atoms with Gasteiger partial charge in [0, 0.05) is 22.3 Å². The van der Waals surface area contributed by atoms with E-state index < -0.39 is 0 Å². The standard InChI is InChI=1S/C44H28N4.Ca.2H/c1-5-13-29(14-6-1)38-27-37-26-35-22-21-33(45-35)25-34-23-24-36(46-34)28-39-40(30-15-7-2-8-16-30)41(31-17-9-3-10-18-31)44(48-39)42(43(38)47-37)32-19-11-4-12-20-32;;;/h1-28H;;;. The molecule has 4 aromatic carbocycles. The molecule has 9 rings (SSSR count). The van der Waals surface area contributed by atoms with E-state index >= 15 is 0 Å². The van der Waals surface area contributed by atoms with Gasteiger partial charge in [-0.2, -0.15) is 0 Å². The molecule has 5 heteroatoms. The Kier molecular flexibility index (Phi) is 8.44. The van der Waals surface area contributed by atoms with Crippen LogP contribution in [0.5, 0.6) is 0 Å². The summed E-state index contributed by atoms with van der Waals surface area (Å²) in [5.41, 5.74) is 15.3. The Balaban J connectivity index is 0.00000348. The monoisotopic (exact) mass is 654 g/mol. The summed E-state index contributed by atoms with van der Waals surface area (Å²) >= 11 is 0. The van der Waals surface area contributed by atoms with Crippen LogP contribution in [0.1, 0.15) is 22.3 Å². The Hall–Kier alpha value is -5.26. The van der Waals surface area contributed by atoms with Crippen molar-refractivity contribution in [1.82, 2.24) is 0 Å². The Morgan fingerprint density at radius 1 is 0.347 bits per heavy atom. The van der Waals surface area contributed by atoms with Crippen molar-refractivity contribution in [1.29, 1.82) is 0 Å². The predicted molar refractivity (Wildman–Crippen MR) is 208 cm³/mol. The van der Waals surface area contributed by atoms with Crippen LogP contribution in [0.2, 0.25) is 0 Å². The van der Waals surface area contributed by atoms with E-state index in [1.807, 2.05) is 36.4 Å². The SMILES string of the molecule is C1=CC2=NC1=CC1=NC(=C(c3ccccc3)C3=NC(=CC4=NC(=C2)C=C4)C=C3c2ccccc2)C(c2ccccc2)=C1c1ccccc1.[CaH2]. The molecular formula is C44H30CaN4. The van der Waals surface area contributed by atoms with E-state index in [9.17, 15) is 0 Å². The minimum atomic E-state index is 0. The summed E-state index contributed by atoms with van der Waals surface area (Å²) in [6.07, 6.45) is 16.5. The second kappa shape index (κ2) is 13.3. The average molecular weight is 655 g/mol. The van der Waals surface area contributed by atoms with Crippen molar-refractivity contribution < 1.29 is 0 Å². The van der Waals surface area contributed by atoms with Crippen LogP contribution in [0.4, 0.5) is 0 Å². The van der Waals surface area contributed by atoms with Crippen molar-refractivity contribution >= 4 is 82.9 Å². The van der Waals surface area contributed by atoms with Gasteiger partial charge in [-0.1, -0.05) is 121 Å². The number of fused-ring (bicyclic) bond motifs is 4. The fourth-order valence-electron chi connectivity index (χ4n) is 6.63. The van der Waals surface area contributed by atoms with Gasteiger partial charge >= 0.3 is 37.7 Å². The van der Waals surface area contributed by atoms with Crippen molar-refractivity contribution in [2.45, 2.75) is 0 Å². The fraction of sp³-hybridized carbons (Fsp3) is 0. The van der Waals surface area contributed by atoms with Gasteiger partial charge in [0.15, 0.2) is 0 Å². The summed E-state index contributed by atoms with van der Waals surface area (Å²) in [6, 6.07) is 42.1. The zero-order chi connectivity index (χ0) is 31.9. The third kappa shape index (κ3) is 6.00. The van der Waals surface area contributed by atoms with Gasteiger partial charge in [0.2, 0.25) is 0 Å². The van der Waals surface area contributed by atoms with Crippen molar-refractivity contribution in [3.63, 3.8) is 0 Å². The van der Waals surface area contributed by atoms with Crippen LogP contribution in [0.3, 0.4) is 0 Å². The Labute approximate surface area is 315 Å². The summed E-state index contributed by atoms with van der Waals surface area (Å²) in [7, 11) is 0. The number of benzene rings is 4. The topological polar surface area (TPSA) is 49.4 Å². The van der Waals surface area contributed by atoms with Gasteiger partial charge in [-0.3, -0.25) is 0 Å². The normalized spacial score (nSPS) is 17.5. The van der Waals surface area contributed by atoms with Crippen LogP contribution in [0.25, 0.3) is 22.3 Å². The summed E-state index contributed by atoms with van der Waals surface area (Å²) in [6.45, 7) is 0. The van der Waals surface area contributed by atoms with Crippen LogP contribution in [-0.4, -0.2) is 60.6 Å². The molecule has 0 N–H and O–H groups in total. The minimum absolute atomic E-state index is 0. The van der Waals surface area contributed by atoms with E-state index in [2.05, 4.69) is 133 Å². The zero-order valence-corrected chi connectivity index (χ0v) is 26.0. The zero-order valence-electron chi connectivity index (χ0n) is 26.0. The molecule has 0 atom stereocenters. The number of nitrogens with zero attached hydrogens (tertiary/aromatic N) is 4. The first-order valence-electron chi connectivity index (χ1n) is 16.1. The van der Waals surface area contributed by atoms with Gasteiger partial charge in [0.1, 0.15) is 0 Å². The van der Waals surface area contributed by atoms with E-state index in [0.717, 1.165) is 90.2 Å². The number of hydrogen-bond donors (Lipinski definition) is 0. The Morgan fingerprint density at radius 2 is 0.816 bits per heavy atom. The molecule has 0 spiro atoms. The van der Waals surface area contributed by atoms with Crippen LogP contribution in [0, 0.1) is 0 Å². The third-order valence-corrected chi connectivity index (χ3v) is 8.75. The van der Waals surface area contributed by atoms with E-state index in [4.69, 9.17) is 20.0 Å². The maximum absolute atomic E-state index is 5.56. The molecule has 4 aromatic rings. The molecule has 0 saturated carbocycles. The van der Waals surface area contributed by atoms with E-state index in [1.54, 1.807) is 0 Å². The van der Waals surface area contributed by atoms with Crippen molar-refractivity contribution in [3.8, 4) is 0 Å².